The van der Waals surface area contributed by atoms with Crippen LogP contribution in [0.2, 0.25) is 0 Å². The predicted molar refractivity (Wildman–Crippen MR) is 89.2 cm³/mol. The largest absolute Gasteiger partial charge is 0.332 e. The number of carbonyl (C=O) groups is 2. The Kier molecular flexibility index (Phi) is 3.77. The molecule has 0 saturated carbocycles. The highest BCUT2D eigenvalue weighted by Crippen LogP contribution is 2.17. The minimum Gasteiger partial charge on any atom is -0.325 e. The zero-order valence-corrected chi connectivity index (χ0v) is 14.6. The van der Waals surface area contributed by atoms with E-state index in [2.05, 4.69) is 10.3 Å². The van der Waals surface area contributed by atoms with E-state index >= 15 is 0 Å². The van der Waals surface area contributed by atoms with Gasteiger partial charge in [-0.3, -0.25) is 23.6 Å². The van der Waals surface area contributed by atoms with E-state index in [1.54, 1.807) is 25.5 Å². The molecule has 1 fully saturated rings. The second kappa shape index (κ2) is 5.57. The lowest BCUT2D eigenvalue weighted by Crippen LogP contribution is -2.40. The number of carbonyl (C=O) groups excluding carboxylic acids is 2. The second-order valence-electron chi connectivity index (χ2n) is 6.68. The van der Waals surface area contributed by atoms with Crippen molar-refractivity contribution >= 4 is 23.1 Å². The maximum Gasteiger partial charge on any atom is 0.332 e. The molecule has 1 aliphatic heterocycles. The molecule has 3 heterocycles. The van der Waals surface area contributed by atoms with E-state index in [0.717, 1.165) is 4.57 Å². The first kappa shape index (κ1) is 16.9. The molecule has 2 aromatic heterocycles. The summed E-state index contributed by atoms with van der Waals surface area (Å²) in [5.41, 5.74) is -1.13. The summed E-state index contributed by atoms with van der Waals surface area (Å²) in [5, 5.41) is 2.62. The number of aryl methyl sites for hydroxylation is 2. The van der Waals surface area contributed by atoms with Crippen molar-refractivity contribution in [3.63, 3.8) is 0 Å². The Hall–Kier alpha value is -2.91. The molecule has 10 heteroatoms. The van der Waals surface area contributed by atoms with E-state index in [9.17, 15) is 19.2 Å². The van der Waals surface area contributed by atoms with E-state index in [-0.39, 0.29) is 12.5 Å². The molecule has 0 aliphatic carbocycles. The Morgan fingerprint density at radius 2 is 1.76 bits per heavy atom. The van der Waals surface area contributed by atoms with Gasteiger partial charge in [-0.1, -0.05) is 0 Å². The van der Waals surface area contributed by atoms with Gasteiger partial charge in [0.15, 0.2) is 11.2 Å². The lowest BCUT2D eigenvalue weighted by molar-refractivity contribution is -0.130. The van der Waals surface area contributed by atoms with Crippen molar-refractivity contribution in [2.75, 3.05) is 6.54 Å². The van der Waals surface area contributed by atoms with Crippen LogP contribution >= 0.6 is 0 Å². The van der Waals surface area contributed by atoms with Crippen molar-refractivity contribution in [2.45, 2.75) is 32.4 Å². The molecule has 0 unspecified atom stereocenters. The monoisotopic (exact) mass is 348 g/mol. The van der Waals surface area contributed by atoms with Crippen LogP contribution in [0.3, 0.4) is 0 Å². The highest BCUT2D eigenvalue weighted by atomic mass is 16.2. The number of nitrogens with one attached hydrogen (secondary N) is 1. The number of rotatable bonds is 4. The second-order valence-corrected chi connectivity index (χ2v) is 6.68. The van der Waals surface area contributed by atoms with Crippen LogP contribution in [0.25, 0.3) is 11.2 Å². The number of fused-ring (bicyclic) bond motifs is 1. The van der Waals surface area contributed by atoms with Crippen LogP contribution < -0.4 is 16.6 Å². The smallest absolute Gasteiger partial charge is 0.325 e. The summed E-state index contributed by atoms with van der Waals surface area (Å²) in [6, 6.07) is -0.413. The summed E-state index contributed by atoms with van der Waals surface area (Å²) in [7, 11) is 2.97. The molecule has 0 radical (unpaired) electrons. The van der Waals surface area contributed by atoms with Crippen LogP contribution in [0.4, 0.5) is 4.79 Å². The zero-order valence-electron chi connectivity index (χ0n) is 14.6. The summed E-state index contributed by atoms with van der Waals surface area (Å²) in [6.07, 6.45) is 1.95. The first-order chi connectivity index (χ1) is 11.6. The Morgan fingerprint density at radius 1 is 1.08 bits per heavy atom. The fourth-order valence-electron chi connectivity index (χ4n) is 2.99. The average molecular weight is 348 g/mol. The Morgan fingerprint density at radius 3 is 2.36 bits per heavy atom. The Labute approximate surface area is 142 Å². The molecular formula is C15H20N6O4. The van der Waals surface area contributed by atoms with Crippen molar-refractivity contribution < 1.29 is 9.59 Å². The van der Waals surface area contributed by atoms with Gasteiger partial charge in [0.2, 0.25) is 0 Å². The van der Waals surface area contributed by atoms with Gasteiger partial charge in [-0.25, -0.2) is 14.6 Å². The SMILES string of the molecule is Cn1c(=O)c2c(ncn2CCCN2C(=O)NC(C)(C)C2=O)n(C)c1=O. The summed E-state index contributed by atoms with van der Waals surface area (Å²) >= 11 is 0. The van der Waals surface area contributed by atoms with Crippen molar-refractivity contribution in [3.8, 4) is 0 Å². The molecule has 2 aromatic rings. The van der Waals surface area contributed by atoms with Gasteiger partial charge in [-0.2, -0.15) is 0 Å². The van der Waals surface area contributed by atoms with Gasteiger partial charge in [0, 0.05) is 27.2 Å². The zero-order chi connectivity index (χ0) is 18.5. The molecule has 3 rings (SSSR count). The molecule has 0 spiro atoms. The number of urea groups is 1. The molecule has 1 saturated heterocycles. The maximum absolute atomic E-state index is 12.4. The van der Waals surface area contributed by atoms with Crippen molar-refractivity contribution in [1.82, 2.24) is 28.9 Å². The van der Waals surface area contributed by atoms with Crippen molar-refractivity contribution in [1.29, 1.82) is 0 Å². The standard InChI is InChI=1S/C15H20N6O4/c1-15(2)12(23)21(13(24)17-15)7-5-6-20-8-16-10-9(20)11(22)19(4)14(25)18(10)3/h8H,5-7H2,1-4H3,(H,17,24). The number of imidazole rings is 1. The molecule has 3 amide bonds. The predicted octanol–water partition coefficient (Wildman–Crippen LogP) is -0.846. The lowest BCUT2D eigenvalue weighted by atomic mass is 10.1. The van der Waals surface area contributed by atoms with E-state index < -0.39 is 22.8 Å². The van der Waals surface area contributed by atoms with E-state index in [1.807, 2.05) is 0 Å². The number of hydrogen-bond donors (Lipinski definition) is 1. The first-order valence-electron chi connectivity index (χ1n) is 7.90. The molecule has 1 aliphatic rings. The molecule has 0 atom stereocenters. The van der Waals surface area contributed by atoms with Gasteiger partial charge < -0.3 is 9.88 Å². The van der Waals surface area contributed by atoms with Crippen molar-refractivity contribution in [2.24, 2.45) is 14.1 Å². The number of nitrogens with zero attached hydrogens (tertiary/aromatic N) is 5. The molecule has 0 bridgehead atoms. The first-order valence-corrected chi connectivity index (χ1v) is 7.90. The van der Waals surface area contributed by atoms with Gasteiger partial charge in [-0.05, 0) is 20.3 Å². The Balaban J connectivity index is 1.82. The maximum atomic E-state index is 12.4. The summed E-state index contributed by atoms with van der Waals surface area (Å²) in [6.45, 7) is 3.93. The number of aromatic nitrogens is 4. The molecule has 25 heavy (non-hydrogen) atoms. The minimum atomic E-state index is -0.896. The molecular weight excluding hydrogens is 328 g/mol. The van der Waals surface area contributed by atoms with Crippen LogP contribution in [0.1, 0.15) is 20.3 Å². The van der Waals surface area contributed by atoms with E-state index in [1.165, 1.54) is 22.8 Å². The Bertz CT molecular complexity index is 996. The topological polar surface area (TPSA) is 111 Å². The number of amides is 3. The molecule has 1 N–H and O–H groups in total. The third-order valence-electron chi connectivity index (χ3n) is 4.44. The quantitative estimate of drug-likeness (QED) is 0.724. The fraction of sp³-hybridized carbons (Fsp3) is 0.533. The van der Waals surface area contributed by atoms with Gasteiger partial charge in [-0.15, -0.1) is 0 Å². The normalized spacial score (nSPS) is 16.7. The summed E-state index contributed by atoms with van der Waals surface area (Å²) < 4.78 is 3.98. The van der Waals surface area contributed by atoms with Crippen LogP contribution in [0.15, 0.2) is 15.9 Å². The van der Waals surface area contributed by atoms with Crippen molar-refractivity contribution in [3.05, 3.63) is 27.2 Å². The van der Waals surface area contributed by atoms with Gasteiger partial charge >= 0.3 is 11.7 Å². The molecule has 0 aromatic carbocycles. The third-order valence-corrected chi connectivity index (χ3v) is 4.44. The van der Waals surface area contributed by atoms with Crippen LogP contribution in [-0.4, -0.2) is 47.6 Å². The lowest BCUT2D eigenvalue weighted by Gasteiger charge is -2.16. The highest BCUT2D eigenvalue weighted by molar-refractivity contribution is 6.06. The fourth-order valence-corrected chi connectivity index (χ4v) is 2.99. The number of imide groups is 1. The van der Waals surface area contributed by atoms with Crippen LogP contribution in [0, 0.1) is 0 Å². The van der Waals surface area contributed by atoms with Crippen LogP contribution in [0.5, 0.6) is 0 Å². The third kappa shape index (κ3) is 2.53. The van der Waals surface area contributed by atoms with Gasteiger partial charge in [0.25, 0.3) is 11.5 Å². The van der Waals surface area contributed by atoms with Crippen LogP contribution in [-0.2, 0) is 25.4 Å². The van der Waals surface area contributed by atoms with E-state index in [4.69, 9.17) is 0 Å². The summed E-state index contributed by atoms with van der Waals surface area (Å²) in [5.74, 6) is -0.272. The average Bonchev–Trinajstić information content (AvgIpc) is 3.05. The number of hydrogen-bond acceptors (Lipinski definition) is 5. The van der Waals surface area contributed by atoms with E-state index in [0.29, 0.717) is 24.1 Å². The minimum absolute atomic E-state index is 0.236. The molecule has 134 valence electrons. The van der Waals surface area contributed by atoms with Gasteiger partial charge in [0.05, 0.1) is 6.33 Å². The van der Waals surface area contributed by atoms with Gasteiger partial charge in [0.1, 0.15) is 5.54 Å². The molecule has 10 nitrogen and oxygen atoms in total. The highest BCUT2D eigenvalue weighted by Gasteiger charge is 2.43. The summed E-state index contributed by atoms with van der Waals surface area (Å²) in [4.78, 5) is 53.6.